The molecule has 16 heavy (non-hydrogen) atoms. The van der Waals surface area contributed by atoms with Gasteiger partial charge in [0.1, 0.15) is 11.4 Å². The maximum absolute atomic E-state index is 11.3. The Kier molecular flexibility index (Phi) is 2.48. The molecule has 1 aliphatic heterocycles. The molecule has 0 unspecified atom stereocenters. The molecular weight excluding hydrogens is 248 g/mol. The lowest BCUT2D eigenvalue weighted by atomic mass is 10.0. The summed E-state index contributed by atoms with van der Waals surface area (Å²) >= 11 is 0. The zero-order valence-electron chi connectivity index (χ0n) is 9.37. The molecule has 0 N–H and O–H groups in total. The molecule has 0 spiro atoms. The first-order chi connectivity index (χ1) is 7.19. The number of ether oxygens (including phenoxy) is 1. The normalized spacial score (nSPS) is 18.0. The lowest BCUT2D eigenvalue weighted by Gasteiger charge is -2.16. The van der Waals surface area contributed by atoms with Gasteiger partial charge in [0.05, 0.1) is 4.90 Å². The van der Waals surface area contributed by atoms with Crippen LogP contribution in [0.4, 0.5) is 0 Å². The van der Waals surface area contributed by atoms with Crippen LogP contribution >= 0.6 is 10.7 Å². The second kappa shape index (κ2) is 3.37. The number of benzene rings is 1. The van der Waals surface area contributed by atoms with Crippen LogP contribution in [0.2, 0.25) is 0 Å². The van der Waals surface area contributed by atoms with Crippen molar-refractivity contribution in [3.05, 3.63) is 23.3 Å². The lowest BCUT2D eigenvalue weighted by molar-refractivity contribution is 0.138. The number of hydrogen-bond acceptors (Lipinski definition) is 3. The van der Waals surface area contributed by atoms with Gasteiger partial charge in [-0.25, -0.2) is 8.42 Å². The average molecular weight is 261 g/mol. The van der Waals surface area contributed by atoms with E-state index in [-0.39, 0.29) is 10.5 Å². The minimum Gasteiger partial charge on any atom is -0.487 e. The topological polar surface area (TPSA) is 43.4 Å². The highest BCUT2D eigenvalue weighted by Crippen LogP contribution is 2.38. The summed E-state index contributed by atoms with van der Waals surface area (Å²) in [6.45, 7) is 5.65. The van der Waals surface area contributed by atoms with E-state index in [1.54, 1.807) is 19.1 Å². The molecule has 0 atom stereocenters. The van der Waals surface area contributed by atoms with E-state index in [0.717, 1.165) is 11.3 Å². The summed E-state index contributed by atoms with van der Waals surface area (Å²) in [5.41, 5.74) is 1.24. The van der Waals surface area contributed by atoms with Crippen LogP contribution in [0.15, 0.2) is 17.0 Å². The van der Waals surface area contributed by atoms with Gasteiger partial charge in [-0.05, 0) is 44.0 Å². The summed E-state index contributed by atoms with van der Waals surface area (Å²) in [6.07, 6.45) is 0.696. The molecule has 0 bridgehead atoms. The Hall–Kier alpha value is -0.740. The van der Waals surface area contributed by atoms with E-state index in [4.69, 9.17) is 15.4 Å². The van der Waals surface area contributed by atoms with E-state index in [2.05, 4.69) is 0 Å². The van der Waals surface area contributed by atoms with Crippen LogP contribution in [0.5, 0.6) is 5.75 Å². The third kappa shape index (κ3) is 2.04. The molecule has 1 heterocycles. The number of rotatable bonds is 1. The molecule has 1 aromatic rings. The van der Waals surface area contributed by atoms with Crippen molar-refractivity contribution in [1.82, 2.24) is 0 Å². The van der Waals surface area contributed by atoms with Crippen molar-refractivity contribution in [2.24, 2.45) is 0 Å². The highest BCUT2D eigenvalue weighted by molar-refractivity contribution is 8.13. The Labute approximate surface area is 99.8 Å². The number of halogens is 1. The molecule has 0 amide bonds. The Morgan fingerprint density at radius 2 is 2.00 bits per heavy atom. The van der Waals surface area contributed by atoms with Crippen LogP contribution in [-0.2, 0) is 15.5 Å². The SMILES string of the molecule is Cc1cc2c(cc1S(=O)(=O)Cl)CC(C)(C)O2. The van der Waals surface area contributed by atoms with Crippen LogP contribution in [0.25, 0.3) is 0 Å². The molecule has 5 heteroatoms. The zero-order chi connectivity index (χ0) is 12.1. The van der Waals surface area contributed by atoms with Crippen molar-refractivity contribution in [1.29, 1.82) is 0 Å². The molecule has 3 nitrogen and oxygen atoms in total. The molecule has 0 aromatic heterocycles. The minimum atomic E-state index is -3.68. The Bertz CT molecular complexity index is 547. The molecular formula is C11H13ClO3S. The quantitative estimate of drug-likeness (QED) is 0.729. The number of fused-ring (bicyclic) bond motifs is 1. The monoisotopic (exact) mass is 260 g/mol. The Balaban J connectivity index is 2.58. The summed E-state index contributed by atoms with van der Waals surface area (Å²) in [7, 11) is 1.69. The summed E-state index contributed by atoms with van der Waals surface area (Å²) in [4.78, 5) is 0.175. The van der Waals surface area contributed by atoms with Gasteiger partial charge in [-0.1, -0.05) is 0 Å². The Morgan fingerprint density at radius 1 is 1.38 bits per heavy atom. The minimum absolute atomic E-state index is 0.175. The van der Waals surface area contributed by atoms with Gasteiger partial charge in [0.2, 0.25) is 0 Å². The summed E-state index contributed by atoms with van der Waals surface area (Å²) in [5.74, 6) is 0.756. The second-order valence-corrected chi connectivity index (χ2v) is 7.24. The molecule has 88 valence electrons. The van der Waals surface area contributed by atoms with Crippen LogP contribution in [0.3, 0.4) is 0 Å². The van der Waals surface area contributed by atoms with Crippen molar-refractivity contribution in [3.8, 4) is 5.75 Å². The second-order valence-electron chi connectivity index (χ2n) is 4.70. The first-order valence-electron chi connectivity index (χ1n) is 4.96. The van der Waals surface area contributed by atoms with E-state index in [0.29, 0.717) is 12.0 Å². The van der Waals surface area contributed by atoms with Crippen LogP contribution < -0.4 is 4.74 Å². The van der Waals surface area contributed by atoms with Gasteiger partial charge in [0.15, 0.2) is 0 Å². The molecule has 2 rings (SSSR count). The predicted octanol–water partition coefficient (Wildman–Crippen LogP) is 2.64. The average Bonchev–Trinajstić information content (AvgIpc) is 2.34. The molecule has 0 aliphatic carbocycles. The molecule has 1 aromatic carbocycles. The fourth-order valence-corrected chi connectivity index (χ4v) is 3.22. The molecule has 0 fully saturated rings. The van der Waals surface area contributed by atoms with Crippen molar-refractivity contribution >= 4 is 19.7 Å². The molecule has 1 aliphatic rings. The van der Waals surface area contributed by atoms with E-state index < -0.39 is 9.05 Å². The summed E-state index contributed by atoms with van der Waals surface area (Å²) in [6, 6.07) is 3.35. The van der Waals surface area contributed by atoms with E-state index in [9.17, 15) is 8.42 Å². The molecule has 0 saturated carbocycles. The first-order valence-corrected chi connectivity index (χ1v) is 7.27. The highest BCUT2D eigenvalue weighted by atomic mass is 35.7. The van der Waals surface area contributed by atoms with Crippen LogP contribution in [0, 0.1) is 6.92 Å². The third-order valence-electron chi connectivity index (χ3n) is 2.62. The number of aryl methyl sites for hydroxylation is 1. The van der Waals surface area contributed by atoms with Gasteiger partial charge in [0.25, 0.3) is 9.05 Å². The van der Waals surface area contributed by atoms with Gasteiger partial charge >= 0.3 is 0 Å². The first kappa shape index (κ1) is 11.7. The fourth-order valence-electron chi connectivity index (χ4n) is 1.99. The predicted molar refractivity (Wildman–Crippen MR) is 62.6 cm³/mol. The molecule has 0 saturated heterocycles. The third-order valence-corrected chi connectivity index (χ3v) is 4.09. The van der Waals surface area contributed by atoms with E-state index in [1.807, 2.05) is 13.8 Å². The Morgan fingerprint density at radius 3 is 2.56 bits per heavy atom. The standard InChI is InChI=1S/C11H13ClO3S/c1-7-4-9-8(6-11(2,3)15-9)5-10(7)16(12,13)14/h4-5H,6H2,1-3H3. The van der Waals surface area contributed by atoms with Gasteiger partial charge in [-0.3, -0.25) is 0 Å². The van der Waals surface area contributed by atoms with Crippen molar-refractivity contribution in [2.75, 3.05) is 0 Å². The van der Waals surface area contributed by atoms with Crippen LogP contribution in [-0.4, -0.2) is 14.0 Å². The maximum Gasteiger partial charge on any atom is 0.261 e. The van der Waals surface area contributed by atoms with Gasteiger partial charge in [0, 0.05) is 17.1 Å². The highest BCUT2D eigenvalue weighted by Gasteiger charge is 2.31. The van der Waals surface area contributed by atoms with E-state index in [1.165, 1.54) is 0 Å². The van der Waals surface area contributed by atoms with Gasteiger partial charge in [-0.2, -0.15) is 0 Å². The molecule has 0 radical (unpaired) electrons. The van der Waals surface area contributed by atoms with E-state index >= 15 is 0 Å². The van der Waals surface area contributed by atoms with Crippen molar-refractivity contribution < 1.29 is 13.2 Å². The summed E-state index contributed by atoms with van der Waals surface area (Å²) < 4.78 is 28.4. The zero-order valence-corrected chi connectivity index (χ0v) is 10.9. The fraction of sp³-hybridized carbons (Fsp3) is 0.455. The van der Waals surface area contributed by atoms with Crippen molar-refractivity contribution in [3.63, 3.8) is 0 Å². The smallest absolute Gasteiger partial charge is 0.261 e. The lowest BCUT2D eigenvalue weighted by Crippen LogP contribution is -2.24. The maximum atomic E-state index is 11.3. The van der Waals surface area contributed by atoms with Gasteiger partial charge < -0.3 is 4.74 Å². The van der Waals surface area contributed by atoms with Crippen molar-refractivity contribution in [2.45, 2.75) is 37.7 Å². The van der Waals surface area contributed by atoms with Crippen LogP contribution in [0.1, 0.15) is 25.0 Å². The number of hydrogen-bond donors (Lipinski definition) is 0. The summed E-state index contributed by atoms with van der Waals surface area (Å²) in [5, 5.41) is 0. The van der Waals surface area contributed by atoms with Gasteiger partial charge in [-0.15, -0.1) is 0 Å². The largest absolute Gasteiger partial charge is 0.487 e.